The highest BCUT2D eigenvalue weighted by Gasteiger charge is 2.21. The van der Waals surface area contributed by atoms with Gasteiger partial charge >= 0.3 is 0 Å². The van der Waals surface area contributed by atoms with Crippen LogP contribution in [0.3, 0.4) is 0 Å². The second kappa shape index (κ2) is 8.10. The van der Waals surface area contributed by atoms with Gasteiger partial charge in [0.2, 0.25) is 0 Å². The van der Waals surface area contributed by atoms with Crippen molar-refractivity contribution in [3.63, 3.8) is 0 Å². The van der Waals surface area contributed by atoms with Crippen LogP contribution in [0.5, 0.6) is 5.75 Å². The third kappa shape index (κ3) is 6.47. The fourth-order valence-corrected chi connectivity index (χ4v) is 3.41. The van der Waals surface area contributed by atoms with E-state index in [-0.39, 0.29) is 6.10 Å². The number of hydrogen-bond acceptors (Lipinski definition) is 4. The molecule has 1 aliphatic heterocycles. The summed E-state index contributed by atoms with van der Waals surface area (Å²) in [5.74, 6) is 1.22. The number of hydrogen-bond donors (Lipinski definition) is 2. The lowest BCUT2D eigenvalue weighted by Crippen LogP contribution is -2.42. The minimum atomic E-state index is -3.61. The van der Waals surface area contributed by atoms with E-state index in [1.165, 1.54) is 5.56 Å². The lowest BCUT2D eigenvalue weighted by atomic mass is 9.98. The van der Waals surface area contributed by atoms with Crippen molar-refractivity contribution < 1.29 is 13.2 Å². The Labute approximate surface area is 139 Å². The first-order valence-electron chi connectivity index (χ1n) is 8.08. The van der Waals surface area contributed by atoms with Gasteiger partial charge in [-0.1, -0.05) is 18.2 Å². The minimum absolute atomic E-state index is 0.143. The molecule has 23 heavy (non-hydrogen) atoms. The fourth-order valence-electron chi connectivity index (χ4n) is 2.94. The quantitative estimate of drug-likeness (QED) is 0.787. The number of piperidine rings is 1. The van der Waals surface area contributed by atoms with Crippen molar-refractivity contribution in [2.75, 3.05) is 19.6 Å². The minimum Gasteiger partial charge on any atom is -0.491 e. The summed E-state index contributed by atoms with van der Waals surface area (Å²) in [6, 6.07) is 8.09. The van der Waals surface area contributed by atoms with Crippen LogP contribution in [0, 0.1) is 5.92 Å². The number of ether oxygens (including phenoxy) is 1. The maximum Gasteiger partial charge on any atom is 0.274 e. The number of likely N-dealkylation sites (tertiary alicyclic amines) is 1. The lowest BCUT2D eigenvalue weighted by Gasteiger charge is -2.33. The molecule has 1 aromatic carbocycles. The highest BCUT2D eigenvalue weighted by Crippen LogP contribution is 2.24. The van der Waals surface area contributed by atoms with Crippen LogP contribution in [0.15, 0.2) is 24.3 Å². The molecule has 0 unspecified atom stereocenters. The van der Waals surface area contributed by atoms with E-state index in [9.17, 15) is 8.42 Å². The number of para-hydroxylation sites is 1. The van der Waals surface area contributed by atoms with Crippen LogP contribution >= 0.6 is 0 Å². The predicted molar refractivity (Wildman–Crippen MR) is 91.3 cm³/mol. The van der Waals surface area contributed by atoms with Gasteiger partial charge < -0.3 is 4.74 Å². The summed E-state index contributed by atoms with van der Waals surface area (Å²) in [6.45, 7) is 7.13. The van der Waals surface area contributed by atoms with E-state index < -0.39 is 10.2 Å². The van der Waals surface area contributed by atoms with Crippen molar-refractivity contribution >= 4 is 10.2 Å². The molecule has 0 aliphatic carbocycles. The Morgan fingerprint density at radius 2 is 2.13 bits per heavy atom. The molecule has 2 rings (SSSR count). The van der Waals surface area contributed by atoms with Crippen LogP contribution < -0.4 is 14.6 Å². The summed E-state index contributed by atoms with van der Waals surface area (Å²) in [5.41, 5.74) is 1.17. The molecule has 0 aromatic heterocycles. The molecule has 0 saturated carbocycles. The normalized spacial score (nSPS) is 19.9. The smallest absolute Gasteiger partial charge is 0.274 e. The Morgan fingerprint density at radius 3 is 2.83 bits per heavy atom. The zero-order chi connectivity index (χ0) is 16.9. The van der Waals surface area contributed by atoms with E-state index in [1.807, 2.05) is 32.0 Å². The highest BCUT2D eigenvalue weighted by atomic mass is 32.2. The number of nitrogens with two attached hydrogens (primary N) is 1. The molecule has 0 spiro atoms. The monoisotopic (exact) mass is 341 g/mol. The predicted octanol–water partition coefficient (Wildman–Crippen LogP) is 1.48. The molecule has 0 bridgehead atoms. The average molecular weight is 341 g/mol. The zero-order valence-electron chi connectivity index (χ0n) is 13.9. The molecule has 1 atom stereocenters. The molecule has 1 aromatic rings. The topological polar surface area (TPSA) is 84.7 Å². The number of rotatable bonds is 7. The summed E-state index contributed by atoms with van der Waals surface area (Å²) in [6.07, 6.45) is 2.22. The molecule has 7 heteroatoms. The summed E-state index contributed by atoms with van der Waals surface area (Å²) >= 11 is 0. The van der Waals surface area contributed by atoms with Crippen LogP contribution in [-0.4, -0.2) is 39.1 Å². The summed E-state index contributed by atoms with van der Waals surface area (Å²) < 4.78 is 30.3. The number of nitrogens with zero attached hydrogens (tertiary/aromatic N) is 1. The van der Waals surface area contributed by atoms with Crippen LogP contribution in [-0.2, 0) is 16.8 Å². The summed E-state index contributed by atoms with van der Waals surface area (Å²) in [5, 5.41) is 5.01. The Morgan fingerprint density at radius 1 is 1.39 bits per heavy atom. The maximum atomic E-state index is 11.0. The third-order valence-electron chi connectivity index (χ3n) is 3.91. The van der Waals surface area contributed by atoms with Crippen LogP contribution in [0.25, 0.3) is 0 Å². The van der Waals surface area contributed by atoms with Crippen molar-refractivity contribution in [1.29, 1.82) is 0 Å². The van der Waals surface area contributed by atoms with E-state index >= 15 is 0 Å². The van der Waals surface area contributed by atoms with Gasteiger partial charge in [-0.15, -0.1) is 0 Å². The standard InChI is InChI=1S/C16H27N3O3S/c1-13(2)22-16-8-4-3-7-15(16)12-19-9-5-6-14(11-19)10-18-23(17,20)21/h3-4,7-8,13-14,18H,5-6,9-12H2,1-2H3,(H2,17,20,21)/t14-/m1/s1. The number of benzene rings is 1. The summed E-state index contributed by atoms with van der Waals surface area (Å²) in [7, 11) is -3.61. The fraction of sp³-hybridized carbons (Fsp3) is 0.625. The second-order valence-corrected chi connectivity index (χ2v) is 7.79. The molecule has 6 nitrogen and oxygen atoms in total. The van der Waals surface area contributed by atoms with Gasteiger partial charge in [0, 0.05) is 25.2 Å². The van der Waals surface area contributed by atoms with E-state index in [4.69, 9.17) is 9.88 Å². The van der Waals surface area contributed by atoms with Gasteiger partial charge in [0.15, 0.2) is 0 Å². The molecule has 0 radical (unpaired) electrons. The SMILES string of the molecule is CC(C)Oc1ccccc1CN1CCC[C@H](CNS(N)(=O)=O)C1. The number of nitrogens with one attached hydrogen (secondary N) is 1. The first kappa shape index (κ1) is 18.2. The van der Waals surface area contributed by atoms with Gasteiger partial charge in [-0.25, -0.2) is 9.86 Å². The molecular weight excluding hydrogens is 314 g/mol. The summed E-state index contributed by atoms with van der Waals surface area (Å²) in [4.78, 5) is 2.35. The molecule has 1 fully saturated rings. The van der Waals surface area contributed by atoms with Crippen molar-refractivity contribution in [1.82, 2.24) is 9.62 Å². The third-order valence-corrected chi connectivity index (χ3v) is 4.47. The average Bonchev–Trinajstić information content (AvgIpc) is 2.46. The Bertz CT molecular complexity index is 604. The largest absolute Gasteiger partial charge is 0.491 e. The van der Waals surface area contributed by atoms with Gasteiger partial charge in [-0.2, -0.15) is 8.42 Å². The lowest BCUT2D eigenvalue weighted by molar-refractivity contribution is 0.164. The zero-order valence-corrected chi connectivity index (χ0v) is 14.7. The Hall–Kier alpha value is -1.15. The molecule has 1 saturated heterocycles. The van der Waals surface area contributed by atoms with Gasteiger partial charge in [0.25, 0.3) is 10.2 Å². The van der Waals surface area contributed by atoms with Crippen molar-refractivity contribution in [3.8, 4) is 5.75 Å². The van der Waals surface area contributed by atoms with Crippen molar-refractivity contribution in [2.24, 2.45) is 11.1 Å². The van der Waals surface area contributed by atoms with E-state index in [0.29, 0.717) is 12.5 Å². The van der Waals surface area contributed by atoms with Crippen molar-refractivity contribution in [3.05, 3.63) is 29.8 Å². The molecule has 130 valence electrons. The molecule has 3 N–H and O–H groups in total. The van der Waals surface area contributed by atoms with Crippen LogP contribution in [0.2, 0.25) is 0 Å². The van der Waals surface area contributed by atoms with Gasteiger partial charge in [-0.05, 0) is 45.2 Å². The van der Waals surface area contributed by atoms with E-state index in [0.717, 1.165) is 38.2 Å². The van der Waals surface area contributed by atoms with Gasteiger partial charge in [0.1, 0.15) is 5.75 Å². The van der Waals surface area contributed by atoms with Gasteiger partial charge in [0.05, 0.1) is 6.10 Å². The highest BCUT2D eigenvalue weighted by molar-refractivity contribution is 7.87. The maximum absolute atomic E-state index is 11.0. The van der Waals surface area contributed by atoms with Crippen LogP contribution in [0.1, 0.15) is 32.3 Å². The second-order valence-electron chi connectivity index (χ2n) is 6.41. The molecular formula is C16H27N3O3S. The van der Waals surface area contributed by atoms with E-state index in [2.05, 4.69) is 15.7 Å². The van der Waals surface area contributed by atoms with Crippen molar-refractivity contribution in [2.45, 2.75) is 39.3 Å². The Balaban J connectivity index is 1.95. The first-order valence-corrected chi connectivity index (χ1v) is 9.62. The first-order chi connectivity index (χ1) is 10.8. The molecule has 1 aliphatic rings. The Kier molecular flexibility index (Phi) is 6.41. The van der Waals surface area contributed by atoms with Crippen LogP contribution in [0.4, 0.5) is 0 Å². The van der Waals surface area contributed by atoms with Gasteiger partial charge in [-0.3, -0.25) is 4.90 Å². The molecule has 1 heterocycles. The van der Waals surface area contributed by atoms with E-state index in [1.54, 1.807) is 0 Å². The molecule has 0 amide bonds.